The van der Waals surface area contributed by atoms with E-state index in [1.807, 2.05) is 0 Å². The van der Waals surface area contributed by atoms with Crippen molar-refractivity contribution in [2.75, 3.05) is 18.4 Å². The summed E-state index contributed by atoms with van der Waals surface area (Å²) in [6, 6.07) is 11.6. The highest BCUT2D eigenvalue weighted by molar-refractivity contribution is 6.04. The molecule has 0 aliphatic heterocycles. The number of amidine groups is 1. The molecule has 0 saturated carbocycles. The topological polar surface area (TPSA) is 104 Å². The number of benzene rings is 2. The van der Waals surface area contributed by atoms with Crippen molar-refractivity contribution < 1.29 is 18.0 Å². The van der Waals surface area contributed by atoms with Gasteiger partial charge in [0.05, 0.1) is 5.56 Å². The summed E-state index contributed by atoms with van der Waals surface area (Å²) in [5.74, 6) is 5.35. The molecule has 1 amide bonds. The first-order valence-electron chi connectivity index (χ1n) is 12.8. The fourth-order valence-electron chi connectivity index (χ4n) is 3.72. The quantitative estimate of drug-likeness (QED) is 0.0581. The molecule has 0 aromatic heterocycles. The summed E-state index contributed by atoms with van der Waals surface area (Å²) in [6.45, 7) is 2.65. The van der Waals surface area contributed by atoms with Crippen molar-refractivity contribution >= 4 is 23.1 Å². The van der Waals surface area contributed by atoms with Crippen LogP contribution >= 0.6 is 0 Å². The Labute approximate surface area is 216 Å². The monoisotopic (exact) mass is 518 g/mol. The Morgan fingerprint density at radius 1 is 0.892 bits per heavy atom. The highest BCUT2D eigenvalue weighted by Gasteiger charge is 2.29. The van der Waals surface area contributed by atoms with E-state index in [1.54, 1.807) is 24.3 Å². The van der Waals surface area contributed by atoms with E-state index in [-0.39, 0.29) is 18.3 Å². The van der Waals surface area contributed by atoms with Gasteiger partial charge in [-0.05, 0) is 42.8 Å². The number of carbonyl (C=O) groups excluding carboxylic acids is 1. The highest BCUT2D eigenvalue weighted by Crippen LogP contribution is 2.31. The van der Waals surface area contributed by atoms with Crippen molar-refractivity contribution in [2.45, 2.75) is 70.9 Å². The van der Waals surface area contributed by atoms with Crippen molar-refractivity contribution in [3.8, 4) is 0 Å². The zero-order valence-corrected chi connectivity index (χ0v) is 21.4. The van der Waals surface area contributed by atoms with Gasteiger partial charge in [-0.3, -0.25) is 4.79 Å². The van der Waals surface area contributed by atoms with E-state index in [0.717, 1.165) is 25.0 Å². The van der Waals surface area contributed by atoms with Crippen LogP contribution in [0.3, 0.4) is 0 Å². The van der Waals surface area contributed by atoms with Crippen LogP contribution in [-0.4, -0.2) is 24.8 Å². The molecular weight excluding hydrogens is 481 g/mol. The van der Waals surface area contributed by atoms with Gasteiger partial charge in [0.1, 0.15) is 6.54 Å². The molecule has 0 unspecified atom stereocenters. The lowest BCUT2D eigenvalue weighted by Gasteiger charge is -2.12. The molecule has 10 heteroatoms. The second-order valence-corrected chi connectivity index (χ2v) is 8.78. The summed E-state index contributed by atoms with van der Waals surface area (Å²) in [5, 5.41) is 17.5. The Balaban J connectivity index is 1.80. The minimum atomic E-state index is -4.41. The van der Waals surface area contributed by atoms with Crippen LogP contribution in [0.4, 0.5) is 24.5 Å². The number of halogens is 3. The molecular formula is C27H37F3N6O. The SMILES string of the molecule is CCCCCCCCCCCNC(=O)CN=N/C(=N\N)c1ccccc1Nc1ccc(C(F)(F)F)cc1. The number of nitrogens with two attached hydrogens (primary N) is 1. The molecule has 0 aliphatic rings. The Morgan fingerprint density at radius 2 is 1.51 bits per heavy atom. The van der Waals surface area contributed by atoms with Crippen LogP contribution in [0.25, 0.3) is 0 Å². The maximum absolute atomic E-state index is 12.8. The van der Waals surface area contributed by atoms with Crippen LogP contribution in [-0.2, 0) is 11.0 Å². The van der Waals surface area contributed by atoms with Crippen LogP contribution in [0.2, 0.25) is 0 Å². The van der Waals surface area contributed by atoms with E-state index < -0.39 is 11.7 Å². The van der Waals surface area contributed by atoms with E-state index in [0.29, 0.717) is 23.5 Å². The first-order valence-corrected chi connectivity index (χ1v) is 12.8. The molecule has 0 radical (unpaired) electrons. The first-order chi connectivity index (χ1) is 17.8. The number of amides is 1. The van der Waals surface area contributed by atoms with E-state index in [4.69, 9.17) is 5.84 Å². The highest BCUT2D eigenvalue weighted by atomic mass is 19.4. The van der Waals surface area contributed by atoms with Gasteiger partial charge in [-0.2, -0.15) is 23.4 Å². The molecule has 2 aromatic carbocycles. The minimum absolute atomic E-state index is 0.0850. The number of hydrazone groups is 1. The molecule has 0 heterocycles. The summed E-state index contributed by atoms with van der Waals surface area (Å²) in [7, 11) is 0. The lowest BCUT2D eigenvalue weighted by molar-refractivity contribution is -0.137. The molecule has 2 rings (SSSR count). The fourth-order valence-corrected chi connectivity index (χ4v) is 3.72. The van der Waals surface area contributed by atoms with Gasteiger partial charge in [0.15, 0.2) is 0 Å². The summed E-state index contributed by atoms with van der Waals surface area (Å²) >= 11 is 0. The third kappa shape index (κ3) is 11.4. The average molecular weight is 519 g/mol. The Hall–Kier alpha value is -3.43. The number of unbranched alkanes of at least 4 members (excludes halogenated alkanes) is 8. The van der Waals surface area contributed by atoms with Gasteiger partial charge in [-0.25, -0.2) is 0 Å². The van der Waals surface area contributed by atoms with E-state index in [1.165, 1.54) is 57.1 Å². The van der Waals surface area contributed by atoms with E-state index in [9.17, 15) is 18.0 Å². The summed E-state index contributed by atoms with van der Waals surface area (Å²) in [4.78, 5) is 12.1. The minimum Gasteiger partial charge on any atom is -0.355 e. The third-order valence-electron chi connectivity index (χ3n) is 5.76. The van der Waals surface area contributed by atoms with Crippen LogP contribution in [0.15, 0.2) is 63.9 Å². The number of carbonyl (C=O) groups is 1. The van der Waals surface area contributed by atoms with Crippen molar-refractivity contribution in [3.05, 3.63) is 59.7 Å². The zero-order chi connectivity index (χ0) is 26.9. The molecule has 0 spiro atoms. The average Bonchev–Trinajstić information content (AvgIpc) is 2.88. The van der Waals surface area contributed by atoms with Crippen LogP contribution in [0, 0.1) is 0 Å². The summed E-state index contributed by atoms with van der Waals surface area (Å²) < 4.78 is 38.4. The number of azo groups is 1. The number of hydrogen-bond donors (Lipinski definition) is 3. The predicted molar refractivity (Wildman–Crippen MR) is 142 cm³/mol. The molecule has 202 valence electrons. The zero-order valence-electron chi connectivity index (χ0n) is 21.4. The van der Waals surface area contributed by atoms with Gasteiger partial charge in [0.2, 0.25) is 11.7 Å². The van der Waals surface area contributed by atoms with Gasteiger partial charge in [-0.1, -0.05) is 70.4 Å². The molecule has 0 aliphatic carbocycles. The van der Waals surface area contributed by atoms with E-state index >= 15 is 0 Å². The van der Waals surface area contributed by atoms with Crippen molar-refractivity contribution in [2.24, 2.45) is 21.2 Å². The van der Waals surface area contributed by atoms with Crippen LogP contribution < -0.4 is 16.5 Å². The molecule has 0 bridgehead atoms. The Bertz CT molecular complexity index is 1010. The van der Waals surface area contributed by atoms with Gasteiger partial charge in [0, 0.05) is 23.5 Å². The number of anilines is 2. The smallest absolute Gasteiger partial charge is 0.355 e. The fraction of sp³-hybridized carbons (Fsp3) is 0.481. The lowest BCUT2D eigenvalue weighted by Crippen LogP contribution is -2.26. The normalized spacial score (nSPS) is 12.2. The molecule has 0 atom stereocenters. The van der Waals surface area contributed by atoms with Gasteiger partial charge >= 0.3 is 6.18 Å². The Morgan fingerprint density at radius 3 is 2.14 bits per heavy atom. The van der Waals surface area contributed by atoms with E-state index in [2.05, 4.69) is 32.9 Å². The van der Waals surface area contributed by atoms with Crippen molar-refractivity contribution in [1.82, 2.24) is 5.32 Å². The van der Waals surface area contributed by atoms with Gasteiger partial charge in [0.25, 0.3) is 0 Å². The maximum atomic E-state index is 12.8. The molecule has 0 fully saturated rings. The number of rotatable bonds is 15. The largest absolute Gasteiger partial charge is 0.416 e. The van der Waals surface area contributed by atoms with Crippen LogP contribution in [0.5, 0.6) is 0 Å². The second kappa shape index (κ2) is 16.3. The summed E-state index contributed by atoms with van der Waals surface area (Å²) in [6.07, 6.45) is 6.50. The van der Waals surface area contributed by atoms with Gasteiger partial charge < -0.3 is 16.5 Å². The second-order valence-electron chi connectivity index (χ2n) is 8.78. The number of nitrogens with one attached hydrogen (secondary N) is 2. The number of hydrogen-bond acceptors (Lipinski definition) is 5. The maximum Gasteiger partial charge on any atom is 0.416 e. The molecule has 37 heavy (non-hydrogen) atoms. The number of nitrogens with zero attached hydrogens (tertiary/aromatic N) is 3. The standard InChI is InChI=1S/C27H37F3N6O/c1-2-3-4-5-6-7-8-9-12-19-32-25(37)20-33-36-26(35-31)23-13-10-11-14-24(23)34-22-17-15-21(16-18-22)27(28,29)30/h10-11,13-18,34H,2-9,12,19-20,31H2,1H3,(H,32,37)/b35-26-,36-33?. The molecule has 7 nitrogen and oxygen atoms in total. The van der Waals surface area contributed by atoms with Gasteiger partial charge in [-0.15, -0.1) is 5.11 Å². The first kappa shape index (κ1) is 29.8. The molecule has 4 N–H and O–H groups in total. The summed E-state index contributed by atoms with van der Waals surface area (Å²) in [5.41, 5.74) is 0.731. The molecule has 2 aromatic rings. The number of para-hydroxylation sites is 1. The molecule has 0 saturated heterocycles. The van der Waals surface area contributed by atoms with Crippen molar-refractivity contribution in [3.63, 3.8) is 0 Å². The number of alkyl halides is 3. The van der Waals surface area contributed by atoms with Crippen LogP contribution in [0.1, 0.15) is 75.8 Å². The third-order valence-corrected chi connectivity index (χ3v) is 5.76. The Kier molecular flexibility index (Phi) is 13.2. The predicted octanol–water partition coefficient (Wildman–Crippen LogP) is 7.17. The lowest BCUT2D eigenvalue weighted by atomic mass is 10.1. The van der Waals surface area contributed by atoms with Crippen molar-refractivity contribution in [1.29, 1.82) is 0 Å².